The Bertz CT molecular complexity index is 379. The van der Waals surface area contributed by atoms with Gasteiger partial charge in [0.25, 0.3) is 0 Å². The Balaban J connectivity index is 2.90. The van der Waals surface area contributed by atoms with Gasteiger partial charge in [-0.1, -0.05) is 35.3 Å². The summed E-state index contributed by atoms with van der Waals surface area (Å²) in [5.74, 6) is 0. The van der Waals surface area contributed by atoms with Crippen LogP contribution >= 0.6 is 15.9 Å². The third-order valence-electron chi connectivity index (χ3n) is 3.66. The van der Waals surface area contributed by atoms with Crippen LogP contribution in [-0.2, 0) is 0 Å². The van der Waals surface area contributed by atoms with Crippen molar-refractivity contribution >= 4 is 21.6 Å². The minimum absolute atomic E-state index is 0.367. The van der Waals surface area contributed by atoms with E-state index in [0.717, 1.165) is 0 Å². The molecule has 3 heteroatoms. The van der Waals surface area contributed by atoms with E-state index in [1.54, 1.807) is 0 Å². The highest BCUT2D eigenvalue weighted by Gasteiger charge is 2.12. The minimum atomic E-state index is 0.367. The summed E-state index contributed by atoms with van der Waals surface area (Å²) in [5.41, 5.74) is 2.58. The summed E-state index contributed by atoms with van der Waals surface area (Å²) >= 11 is 3.68. The summed E-state index contributed by atoms with van der Waals surface area (Å²) in [6.07, 6.45) is 2.45. The van der Waals surface area contributed by atoms with Crippen molar-refractivity contribution in [3.63, 3.8) is 0 Å². The van der Waals surface area contributed by atoms with Crippen LogP contribution in [0.15, 0.2) is 22.7 Å². The first kappa shape index (κ1) is 15.5. The second kappa shape index (κ2) is 7.15. The maximum atomic E-state index is 3.68. The molecule has 1 rings (SSSR count). The van der Waals surface area contributed by atoms with Crippen LogP contribution in [0.25, 0.3) is 0 Å². The zero-order valence-electron chi connectivity index (χ0n) is 12.1. The number of nitrogens with one attached hydrogen (secondary N) is 1. The zero-order valence-corrected chi connectivity index (χ0v) is 13.7. The molecular weight excluding hydrogens is 288 g/mol. The van der Waals surface area contributed by atoms with Crippen molar-refractivity contribution in [1.29, 1.82) is 0 Å². The number of hydrogen-bond donors (Lipinski definition) is 1. The van der Waals surface area contributed by atoms with Gasteiger partial charge in [0.2, 0.25) is 0 Å². The standard InChI is InChI=1S/C15H25BrN2/c1-6-7-11(2)18(5)13-8-9-14(12(3)17-4)15(16)10-13/h8-12,17H,6-7H2,1-5H3. The van der Waals surface area contributed by atoms with Gasteiger partial charge in [-0.2, -0.15) is 0 Å². The Kier molecular flexibility index (Phi) is 6.16. The molecule has 0 heterocycles. The third kappa shape index (κ3) is 3.72. The van der Waals surface area contributed by atoms with Crippen LogP contribution < -0.4 is 10.2 Å². The molecule has 1 N–H and O–H groups in total. The average molecular weight is 313 g/mol. The van der Waals surface area contributed by atoms with Crippen molar-refractivity contribution in [3.8, 4) is 0 Å². The fourth-order valence-corrected chi connectivity index (χ4v) is 2.82. The van der Waals surface area contributed by atoms with Gasteiger partial charge in [-0.3, -0.25) is 0 Å². The van der Waals surface area contributed by atoms with Crippen LogP contribution in [0, 0.1) is 0 Å². The fraction of sp³-hybridized carbons (Fsp3) is 0.600. The Morgan fingerprint density at radius 3 is 2.50 bits per heavy atom. The van der Waals surface area contributed by atoms with Crippen molar-refractivity contribution in [2.75, 3.05) is 19.0 Å². The summed E-state index contributed by atoms with van der Waals surface area (Å²) in [4.78, 5) is 2.35. The summed E-state index contributed by atoms with van der Waals surface area (Å²) < 4.78 is 1.18. The fourth-order valence-electron chi connectivity index (χ4n) is 2.11. The van der Waals surface area contributed by atoms with E-state index < -0.39 is 0 Å². The molecule has 0 aliphatic rings. The molecule has 2 atom stereocenters. The highest BCUT2D eigenvalue weighted by atomic mass is 79.9. The average Bonchev–Trinajstić information content (AvgIpc) is 2.37. The van der Waals surface area contributed by atoms with Crippen molar-refractivity contribution < 1.29 is 0 Å². The second-order valence-corrected chi connectivity index (χ2v) is 5.82. The first-order valence-corrected chi connectivity index (χ1v) is 7.50. The third-order valence-corrected chi connectivity index (χ3v) is 4.35. The summed E-state index contributed by atoms with van der Waals surface area (Å²) in [6, 6.07) is 7.58. The Morgan fingerprint density at radius 2 is 2.00 bits per heavy atom. The van der Waals surface area contributed by atoms with Gasteiger partial charge in [-0.15, -0.1) is 0 Å². The number of halogens is 1. The van der Waals surface area contributed by atoms with E-state index in [-0.39, 0.29) is 0 Å². The number of hydrogen-bond acceptors (Lipinski definition) is 2. The molecule has 18 heavy (non-hydrogen) atoms. The van der Waals surface area contributed by atoms with E-state index in [1.807, 2.05) is 7.05 Å². The highest BCUT2D eigenvalue weighted by Crippen LogP contribution is 2.28. The lowest BCUT2D eigenvalue weighted by molar-refractivity contribution is 0.615. The molecule has 0 spiro atoms. The quantitative estimate of drug-likeness (QED) is 0.840. The smallest absolute Gasteiger partial charge is 0.0377 e. The largest absolute Gasteiger partial charge is 0.372 e. The summed E-state index contributed by atoms with van der Waals surface area (Å²) in [5, 5.41) is 3.27. The molecule has 0 aliphatic carbocycles. The lowest BCUT2D eigenvalue weighted by Gasteiger charge is -2.27. The van der Waals surface area contributed by atoms with Gasteiger partial charge in [-0.05, 0) is 45.0 Å². The monoisotopic (exact) mass is 312 g/mol. The van der Waals surface area contributed by atoms with E-state index in [2.05, 4.69) is 72.2 Å². The van der Waals surface area contributed by atoms with Crippen molar-refractivity contribution in [2.24, 2.45) is 0 Å². The molecule has 0 saturated carbocycles. The molecule has 1 aromatic carbocycles. The molecule has 2 unspecified atom stereocenters. The van der Waals surface area contributed by atoms with E-state index in [0.29, 0.717) is 12.1 Å². The predicted octanol–water partition coefficient (Wildman–Crippen LogP) is 4.35. The van der Waals surface area contributed by atoms with Gasteiger partial charge >= 0.3 is 0 Å². The van der Waals surface area contributed by atoms with Gasteiger partial charge in [0, 0.05) is 29.3 Å². The van der Waals surface area contributed by atoms with Gasteiger partial charge in [0.1, 0.15) is 0 Å². The van der Waals surface area contributed by atoms with Crippen molar-refractivity contribution in [1.82, 2.24) is 5.32 Å². The number of rotatable bonds is 6. The molecule has 1 aromatic rings. The molecule has 102 valence electrons. The second-order valence-electron chi connectivity index (χ2n) is 4.96. The number of nitrogens with zero attached hydrogens (tertiary/aromatic N) is 1. The Labute approximate surface area is 120 Å². The van der Waals surface area contributed by atoms with Crippen LogP contribution in [0.5, 0.6) is 0 Å². The van der Waals surface area contributed by atoms with Crippen LogP contribution in [0.4, 0.5) is 5.69 Å². The Hall–Kier alpha value is -0.540. The molecule has 0 saturated heterocycles. The van der Waals surface area contributed by atoms with Crippen LogP contribution in [-0.4, -0.2) is 20.1 Å². The summed E-state index contributed by atoms with van der Waals surface area (Å²) in [7, 11) is 4.16. The van der Waals surface area contributed by atoms with Gasteiger partial charge < -0.3 is 10.2 Å². The van der Waals surface area contributed by atoms with Crippen molar-refractivity contribution in [3.05, 3.63) is 28.2 Å². The van der Waals surface area contributed by atoms with Gasteiger partial charge in [0.15, 0.2) is 0 Å². The summed E-state index contributed by atoms with van der Waals surface area (Å²) in [6.45, 7) is 6.68. The zero-order chi connectivity index (χ0) is 13.7. The maximum Gasteiger partial charge on any atom is 0.0377 e. The van der Waals surface area contributed by atoms with E-state index in [4.69, 9.17) is 0 Å². The topological polar surface area (TPSA) is 15.3 Å². The van der Waals surface area contributed by atoms with Gasteiger partial charge in [0.05, 0.1) is 0 Å². The highest BCUT2D eigenvalue weighted by molar-refractivity contribution is 9.10. The Morgan fingerprint density at radius 1 is 1.33 bits per heavy atom. The molecule has 0 radical (unpaired) electrons. The van der Waals surface area contributed by atoms with E-state index in [1.165, 1.54) is 28.6 Å². The van der Waals surface area contributed by atoms with Crippen LogP contribution in [0.3, 0.4) is 0 Å². The van der Waals surface area contributed by atoms with Gasteiger partial charge in [-0.25, -0.2) is 0 Å². The molecule has 0 amide bonds. The number of anilines is 1. The van der Waals surface area contributed by atoms with Crippen molar-refractivity contribution in [2.45, 2.75) is 45.7 Å². The lowest BCUT2D eigenvalue weighted by atomic mass is 10.1. The molecule has 0 aliphatic heterocycles. The molecule has 0 bridgehead atoms. The first-order valence-electron chi connectivity index (χ1n) is 6.70. The normalized spacial score (nSPS) is 14.3. The molecule has 2 nitrogen and oxygen atoms in total. The van der Waals surface area contributed by atoms with Crippen LogP contribution in [0.1, 0.15) is 45.2 Å². The molecule has 0 aromatic heterocycles. The van der Waals surface area contributed by atoms with E-state index in [9.17, 15) is 0 Å². The maximum absolute atomic E-state index is 3.68. The predicted molar refractivity (Wildman–Crippen MR) is 84.4 cm³/mol. The van der Waals surface area contributed by atoms with E-state index >= 15 is 0 Å². The van der Waals surface area contributed by atoms with Crippen LogP contribution in [0.2, 0.25) is 0 Å². The molecular formula is C15H25BrN2. The first-order chi connectivity index (χ1) is 8.51. The SMILES string of the molecule is CCCC(C)N(C)c1ccc(C(C)NC)c(Br)c1. The number of benzene rings is 1. The lowest BCUT2D eigenvalue weighted by Crippen LogP contribution is -2.28. The molecule has 0 fully saturated rings. The minimum Gasteiger partial charge on any atom is -0.372 e.